The Hall–Kier alpha value is -1.01. The van der Waals surface area contributed by atoms with Crippen molar-refractivity contribution in [3.05, 3.63) is 29.3 Å². The number of halogens is 1. The number of rotatable bonds is 2. The molecular formula is C17H21BrN2. The van der Waals surface area contributed by atoms with E-state index in [-0.39, 0.29) is 0 Å². The zero-order valence-corrected chi connectivity index (χ0v) is 13.4. The van der Waals surface area contributed by atoms with Crippen molar-refractivity contribution in [2.24, 2.45) is 5.92 Å². The summed E-state index contributed by atoms with van der Waals surface area (Å²) < 4.78 is 0. The lowest BCUT2D eigenvalue weighted by Gasteiger charge is -2.45. The molecule has 20 heavy (non-hydrogen) atoms. The van der Waals surface area contributed by atoms with Crippen molar-refractivity contribution < 1.29 is 0 Å². The van der Waals surface area contributed by atoms with Crippen LogP contribution in [-0.2, 0) is 5.33 Å². The van der Waals surface area contributed by atoms with Crippen LogP contribution < -0.4 is 4.90 Å². The van der Waals surface area contributed by atoms with Crippen molar-refractivity contribution in [3.8, 4) is 6.07 Å². The standard InChI is InChI=1S/C17H21BrN2/c18-11-13-7-8-17(15(10-13)12-19)20-9-3-5-14-4-1-2-6-16(14)20/h7-8,10,14,16H,1-6,9,11H2. The summed E-state index contributed by atoms with van der Waals surface area (Å²) in [6, 6.07) is 9.41. The quantitative estimate of drug-likeness (QED) is 0.739. The van der Waals surface area contributed by atoms with Crippen LogP contribution >= 0.6 is 15.9 Å². The molecule has 1 aliphatic heterocycles. The summed E-state index contributed by atoms with van der Waals surface area (Å²) in [6.45, 7) is 1.11. The predicted molar refractivity (Wildman–Crippen MR) is 86.1 cm³/mol. The average molecular weight is 333 g/mol. The maximum Gasteiger partial charge on any atom is 0.101 e. The van der Waals surface area contributed by atoms with Gasteiger partial charge in [0, 0.05) is 17.9 Å². The van der Waals surface area contributed by atoms with E-state index in [1.807, 2.05) is 6.07 Å². The Morgan fingerprint density at radius 1 is 1.20 bits per heavy atom. The second-order valence-electron chi connectivity index (χ2n) is 6.04. The molecule has 0 aromatic heterocycles. The fourth-order valence-corrected chi connectivity index (χ4v) is 4.28. The summed E-state index contributed by atoms with van der Waals surface area (Å²) in [6.07, 6.45) is 8.06. The molecule has 0 spiro atoms. The number of hydrogen-bond donors (Lipinski definition) is 0. The topological polar surface area (TPSA) is 27.0 Å². The molecular weight excluding hydrogens is 312 g/mol. The van der Waals surface area contributed by atoms with Gasteiger partial charge in [0.25, 0.3) is 0 Å². The summed E-state index contributed by atoms with van der Waals surface area (Å²) >= 11 is 3.47. The minimum Gasteiger partial charge on any atom is -0.367 e. The van der Waals surface area contributed by atoms with Crippen LogP contribution in [0.1, 0.15) is 49.7 Å². The molecule has 0 radical (unpaired) electrons. The number of nitrogens with zero attached hydrogens (tertiary/aromatic N) is 2. The first-order chi connectivity index (χ1) is 9.83. The van der Waals surface area contributed by atoms with E-state index in [4.69, 9.17) is 0 Å². The Bertz CT molecular complexity index is 518. The largest absolute Gasteiger partial charge is 0.367 e. The van der Waals surface area contributed by atoms with Crippen LogP contribution in [0.3, 0.4) is 0 Å². The lowest BCUT2D eigenvalue weighted by molar-refractivity contribution is 0.244. The van der Waals surface area contributed by atoms with E-state index in [1.165, 1.54) is 44.1 Å². The first kappa shape index (κ1) is 13.9. The molecule has 2 nitrogen and oxygen atoms in total. The van der Waals surface area contributed by atoms with Gasteiger partial charge in [0.15, 0.2) is 0 Å². The normalized spacial score (nSPS) is 25.9. The Kier molecular flexibility index (Phi) is 4.31. The molecule has 2 atom stereocenters. The van der Waals surface area contributed by atoms with E-state index in [0.29, 0.717) is 6.04 Å². The monoisotopic (exact) mass is 332 g/mol. The highest BCUT2D eigenvalue weighted by molar-refractivity contribution is 9.08. The lowest BCUT2D eigenvalue weighted by atomic mass is 9.78. The minimum atomic E-state index is 0.666. The van der Waals surface area contributed by atoms with Crippen LogP contribution in [0.5, 0.6) is 0 Å². The van der Waals surface area contributed by atoms with Crippen molar-refractivity contribution in [1.82, 2.24) is 0 Å². The molecule has 3 heteroatoms. The fraction of sp³-hybridized carbons (Fsp3) is 0.588. The molecule has 1 saturated carbocycles. The SMILES string of the molecule is N#Cc1cc(CBr)ccc1N1CCCC2CCCCC21. The second-order valence-corrected chi connectivity index (χ2v) is 6.61. The van der Waals surface area contributed by atoms with Gasteiger partial charge in [-0.1, -0.05) is 34.8 Å². The van der Waals surface area contributed by atoms with Gasteiger partial charge in [0.2, 0.25) is 0 Å². The van der Waals surface area contributed by atoms with E-state index in [0.717, 1.165) is 29.0 Å². The maximum absolute atomic E-state index is 9.47. The summed E-state index contributed by atoms with van der Waals surface area (Å²) in [5.74, 6) is 0.847. The molecule has 0 bridgehead atoms. The summed E-state index contributed by atoms with van der Waals surface area (Å²) in [4.78, 5) is 2.53. The molecule has 3 rings (SSSR count). The third kappa shape index (κ3) is 2.59. The van der Waals surface area contributed by atoms with Crippen LogP contribution in [0.15, 0.2) is 18.2 Å². The highest BCUT2D eigenvalue weighted by atomic mass is 79.9. The molecule has 1 heterocycles. The van der Waals surface area contributed by atoms with E-state index in [1.54, 1.807) is 0 Å². The van der Waals surface area contributed by atoms with Gasteiger partial charge in [0.1, 0.15) is 6.07 Å². The van der Waals surface area contributed by atoms with Gasteiger partial charge >= 0.3 is 0 Å². The van der Waals surface area contributed by atoms with Gasteiger partial charge in [-0.25, -0.2) is 0 Å². The molecule has 0 N–H and O–H groups in total. The number of alkyl halides is 1. The van der Waals surface area contributed by atoms with Crippen molar-refractivity contribution in [1.29, 1.82) is 5.26 Å². The van der Waals surface area contributed by atoms with Gasteiger partial charge in [-0.2, -0.15) is 5.26 Å². The van der Waals surface area contributed by atoms with Crippen LogP contribution in [0.4, 0.5) is 5.69 Å². The molecule has 2 fully saturated rings. The van der Waals surface area contributed by atoms with Crippen LogP contribution in [-0.4, -0.2) is 12.6 Å². The number of anilines is 1. The molecule has 1 aromatic rings. The van der Waals surface area contributed by atoms with Gasteiger partial charge in [-0.15, -0.1) is 0 Å². The summed E-state index contributed by atoms with van der Waals surface area (Å²) in [7, 11) is 0. The first-order valence-corrected chi connectivity index (χ1v) is 8.81. The van der Waals surface area contributed by atoms with Gasteiger partial charge in [0.05, 0.1) is 11.3 Å². The van der Waals surface area contributed by atoms with Crippen molar-refractivity contribution in [3.63, 3.8) is 0 Å². The summed E-state index contributed by atoms with van der Waals surface area (Å²) in [5.41, 5.74) is 3.18. The van der Waals surface area contributed by atoms with Gasteiger partial charge in [-0.3, -0.25) is 0 Å². The average Bonchev–Trinajstić information content (AvgIpc) is 2.53. The number of nitriles is 1. The van der Waals surface area contributed by atoms with Gasteiger partial charge < -0.3 is 4.90 Å². The Labute approximate surface area is 129 Å². The van der Waals surface area contributed by atoms with E-state index in [2.05, 4.69) is 39.0 Å². The van der Waals surface area contributed by atoms with Gasteiger partial charge in [-0.05, 0) is 49.3 Å². The van der Waals surface area contributed by atoms with Crippen molar-refractivity contribution in [2.75, 3.05) is 11.4 Å². The number of fused-ring (bicyclic) bond motifs is 1. The molecule has 1 aliphatic carbocycles. The Morgan fingerprint density at radius 2 is 2.00 bits per heavy atom. The van der Waals surface area contributed by atoms with E-state index < -0.39 is 0 Å². The zero-order valence-electron chi connectivity index (χ0n) is 11.8. The smallest absolute Gasteiger partial charge is 0.101 e. The van der Waals surface area contributed by atoms with Crippen molar-refractivity contribution >= 4 is 21.6 Å². The first-order valence-electron chi connectivity index (χ1n) is 7.69. The van der Waals surface area contributed by atoms with Crippen molar-refractivity contribution in [2.45, 2.75) is 49.9 Å². The molecule has 2 unspecified atom stereocenters. The molecule has 1 saturated heterocycles. The number of hydrogen-bond acceptors (Lipinski definition) is 2. The fourth-order valence-electron chi connectivity index (χ4n) is 3.93. The summed E-state index contributed by atoms with van der Waals surface area (Å²) in [5, 5.41) is 10.3. The molecule has 0 amide bonds. The van der Waals surface area contributed by atoms with E-state index in [9.17, 15) is 5.26 Å². The molecule has 1 aromatic carbocycles. The second kappa shape index (κ2) is 6.18. The van der Waals surface area contributed by atoms with E-state index >= 15 is 0 Å². The third-order valence-corrected chi connectivity index (χ3v) is 5.54. The number of benzene rings is 1. The molecule has 106 valence electrons. The van der Waals surface area contributed by atoms with Crippen LogP contribution in [0.25, 0.3) is 0 Å². The Morgan fingerprint density at radius 3 is 2.80 bits per heavy atom. The highest BCUT2D eigenvalue weighted by Gasteiger charge is 2.34. The van der Waals surface area contributed by atoms with Crippen LogP contribution in [0, 0.1) is 17.2 Å². The minimum absolute atomic E-state index is 0.666. The Balaban J connectivity index is 1.93. The number of piperidine rings is 1. The maximum atomic E-state index is 9.47. The van der Waals surface area contributed by atoms with Crippen LogP contribution in [0.2, 0.25) is 0 Å². The predicted octanol–water partition coefficient (Wildman–Crippen LogP) is 4.61. The third-order valence-electron chi connectivity index (χ3n) is 4.89. The molecule has 2 aliphatic rings. The zero-order chi connectivity index (χ0) is 13.9. The highest BCUT2D eigenvalue weighted by Crippen LogP contribution is 2.38. The lowest BCUT2D eigenvalue weighted by Crippen LogP contribution is -2.47.